The molecular formula is C25H22BrCl2N3O. The predicted octanol–water partition coefficient (Wildman–Crippen LogP) is 8.29. The second-order valence-electron chi connectivity index (χ2n) is 7.99. The Balaban J connectivity index is 1.66. The van der Waals surface area contributed by atoms with E-state index in [-0.39, 0.29) is 11.8 Å². The van der Waals surface area contributed by atoms with Crippen molar-refractivity contribution in [2.24, 2.45) is 10.9 Å². The van der Waals surface area contributed by atoms with Crippen LogP contribution in [0.3, 0.4) is 0 Å². The molecule has 1 heterocycles. The van der Waals surface area contributed by atoms with E-state index in [1.165, 1.54) is 0 Å². The summed E-state index contributed by atoms with van der Waals surface area (Å²) in [7, 11) is 0. The van der Waals surface area contributed by atoms with Crippen LogP contribution in [0.2, 0.25) is 10.0 Å². The Morgan fingerprint density at radius 3 is 2.44 bits per heavy atom. The van der Waals surface area contributed by atoms with E-state index in [2.05, 4.69) is 40.4 Å². The highest BCUT2D eigenvalue weighted by Gasteiger charge is 2.25. The molecule has 1 aliphatic rings. The third kappa shape index (κ3) is 5.01. The summed E-state index contributed by atoms with van der Waals surface area (Å²) in [5, 5.41) is 7.38. The van der Waals surface area contributed by atoms with Crippen molar-refractivity contribution in [2.75, 3.05) is 10.6 Å². The zero-order valence-electron chi connectivity index (χ0n) is 17.6. The van der Waals surface area contributed by atoms with Gasteiger partial charge in [-0.3, -0.25) is 4.79 Å². The van der Waals surface area contributed by atoms with E-state index in [1.54, 1.807) is 18.2 Å². The van der Waals surface area contributed by atoms with Crippen LogP contribution in [0.15, 0.2) is 70.1 Å². The zero-order valence-corrected chi connectivity index (χ0v) is 20.7. The van der Waals surface area contributed by atoms with Crippen LogP contribution in [-0.2, 0) is 0 Å². The highest BCUT2D eigenvalue weighted by molar-refractivity contribution is 9.10. The fourth-order valence-electron chi connectivity index (χ4n) is 3.74. The molecule has 2 unspecified atom stereocenters. The van der Waals surface area contributed by atoms with E-state index >= 15 is 0 Å². The van der Waals surface area contributed by atoms with Crippen LogP contribution in [0.1, 0.15) is 42.1 Å². The number of aliphatic imine (C=N–C) groups is 1. The molecule has 0 spiro atoms. The van der Waals surface area contributed by atoms with Gasteiger partial charge in [-0.1, -0.05) is 65.1 Å². The molecule has 3 aromatic carbocycles. The number of hydrogen-bond donors (Lipinski definition) is 2. The molecule has 0 fully saturated rings. The Morgan fingerprint density at radius 2 is 1.75 bits per heavy atom. The van der Waals surface area contributed by atoms with Crippen LogP contribution in [0.5, 0.6) is 0 Å². The topological polar surface area (TPSA) is 53.5 Å². The lowest BCUT2D eigenvalue weighted by molar-refractivity contribution is 0.102. The first-order valence-corrected chi connectivity index (χ1v) is 11.9. The molecule has 4 nitrogen and oxygen atoms in total. The number of carbonyl (C=O) groups excluding carboxylic acids is 1. The quantitative estimate of drug-likeness (QED) is 0.357. The number of para-hydroxylation sites is 1. The number of carbonyl (C=O) groups is 1. The van der Waals surface area contributed by atoms with Crippen molar-refractivity contribution < 1.29 is 4.79 Å². The Bertz CT molecular complexity index is 1170. The minimum absolute atomic E-state index is 0.172. The third-order valence-corrected chi connectivity index (χ3v) is 6.88. The number of amides is 1. The molecule has 32 heavy (non-hydrogen) atoms. The van der Waals surface area contributed by atoms with Crippen molar-refractivity contribution in [1.82, 2.24) is 0 Å². The second kappa shape index (κ2) is 9.65. The first-order chi connectivity index (χ1) is 15.3. The number of nitrogens with one attached hydrogen (secondary N) is 2. The zero-order chi connectivity index (χ0) is 22.8. The number of amidine groups is 1. The Morgan fingerprint density at radius 1 is 1.06 bits per heavy atom. The summed E-state index contributed by atoms with van der Waals surface area (Å²) in [5.41, 5.74) is 3.86. The van der Waals surface area contributed by atoms with E-state index in [9.17, 15) is 4.79 Å². The molecule has 0 saturated heterocycles. The summed E-state index contributed by atoms with van der Waals surface area (Å²) in [6.07, 6.45) is 0.734. The van der Waals surface area contributed by atoms with E-state index in [1.807, 2.05) is 42.5 Å². The SMILES string of the molecule is CC1CC(=Nc2c(Cl)cccc2Cl)Nc2cc(C(=O)Nc3ccc(Br)cc3)ccc2C1C. The Kier molecular flexibility index (Phi) is 6.89. The van der Waals surface area contributed by atoms with Gasteiger partial charge in [-0.05, 0) is 65.9 Å². The van der Waals surface area contributed by atoms with Gasteiger partial charge < -0.3 is 10.6 Å². The maximum atomic E-state index is 12.9. The first-order valence-electron chi connectivity index (χ1n) is 10.3. The minimum Gasteiger partial charge on any atom is -0.343 e. The summed E-state index contributed by atoms with van der Waals surface area (Å²) in [6.45, 7) is 4.39. The van der Waals surface area contributed by atoms with Crippen LogP contribution < -0.4 is 10.6 Å². The van der Waals surface area contributed by atoms with Crippen molar-refractivity contribution in [1.29, 1.82) is 0 Å². The van der Waals surface area contributed by atoms with Gasteiger partial charge in [-0.25, -0.2) is 4.99 Å². The molecule has 0 aliphatic carbocycles. The first kappa shape index (κ1) is 22.8. The number of benzene rings is 3. The van der Waals surface area contributed by atoms with Crippen LogP contribution in [0.4, 0.5) is 17.1 Å². The normalized spacial score (nSPS) is 19.1. The van der Waals surface area contributed by atoms with Crippen LogP contribution >= 0.6 is 39.1 Å². The molecule has 7 heteroatoms. The van der Waals surface area contributed by atoms with E-state index in [4.69, 9.17) is 28.2 Å². The van der Waals surface area contributed by atoms with Gasteiger partial charge in [-0.15, -0.1) is 0 Å². The van der Waals surface area contributed by atoms with Crippen molar-refractivity contribution in [2.45, 2.75) is 26.2 Å². The monoisotopic (exact) mass is 529 g/mol. The lowest BCUT2D eigenvalue weighted by Gasteiger charge is -2.18. The number of hydrogen-bond acceptors (Lipinski definition) is 2. The molecule has 0 bridgehead atoms. The van der Waals surface area contributed by atoms with E-state index in [0.717, 1.165) is 33.7 Å². The minimum atomic E-state index is -0.172. The van der Waals surface area contributed by atoms with Gasteiger partial charge in [0.2, 0.25) is 0 Å². The average molecular weight is 531 g/mol. The number of nitrogens with zero attached hydrogens (tertiary/aromatic N) is 1. The van der Waals surface area contributed by atoms with Gasteiger partial charge in [0, 0.05) is 27.8 Å². The molecule has 1 amide bonds. The Labute approximate surface area is 206 Å². The molecule has 1 aliphatic heterocycles. The standard InChI is InChI=1S/C25H22BrCl2N3O/c1-14-12-23(31-24-20(27)4-3-5-21(24)28)30-22-13-16(6-11-19(22)15(14)2)25(32)29-18-9-7-17(26)8-10-18/h3-11,13-15H,12H2,1-2H3,(H,29,32)(H,30,31). The average Bonchev–Trinajstić information content (AvgIpc) is 2.88. The molecule has 0 saturated carbocycles. The molecule has 2 atom stereocenters. The van der Waals surface area contributed by atoms with E-state index < -0.39 is 0 Å². The van der Waals surface area contributed by atoms with E-state index in [0.29, 0.717) is 27.2 Å². The smallest absolute Gasteiger partial charge is 0.255 e. The number of rotatable bonds is 3. The summed E-state index contributed by atoms with van der Waals surface area (Å²) >= 11 is 16.1. The summed E-state index contributed by atoms with van der Waals surface area (Å²) < 4.78 is 0.957. The summed E-state index contributed by atoms with van der Waals surface area (Å²) in [4.78, 5) is 17.6. The van der Waals surface area contributed by atoms with Crippen LogP contribution in [0, 0.1) is 5.92 Å². The molecule has 0 aromatic heterocycles. The maximum Gasteiger partial charge on any atom is 0.255 e. The van der Waals surface area contributed by atoms with Gasteiger partial charge in [0.15, 0.2) is 0 Å². The fourth-order valence-corrected chi connectivity index (χ4v) is 4.48. The van der Waals surface area contributed by atoms with Gasteiger partial charge in [0.05, 0.1) is 10.0 Å². The number of halogens is 3. The van der Waals surface area contributed by atoms with Gasteiger partial charge in [0.1, 0.15) is 11.5 Å². The highest BCUT2D eigenvalue weighted by atomic mass is 79.9. The fraction of sp³-hybridized carbons (Fsp3) is 0.200. The second-order valence-corrected chi connectivity index (χ2v) is 9.72. The molecule has 164 valence electrons. The Hall–Kier alpha value is -2.34. The molecule has 2 N–H and O–H groups in total. The lowest BCUT2D eigenvalue weighted by atomic mass is 9.86. The molecule has 3 aromatic rings. The number of fused-ring (bicyclic) bond motifs is 1. The van der Waals surface area contributed by atoms with Gasteiger partial charge in [-0.2, -0.15) is 0 Å². The van der Waals surface area contributed by atoms with Crippen molar-refractivity contribution in [3.05, 3.63) is 86.3 Å². The van der Waals surface area contributed by atoms with Crippen molar-refractivity contribution >= 4 is 67.9 Å². The summed E-state index contributed by atoms with van der Waals surface area (Å²) in [6, 6.07) is 18.6. The third-order valence-electron chi connectivity index (χ3n) is 5.74. The van der Waals surface area contributed by atoms with Crippen LogP contribution in [-0.4, -0.2) is 11.7 Å². The molecule has 4 rings (SSSR count). The highest BCUT2D eigenvalue weighted by Crippen LogP contribution is 2.38. The maximum absolute atomic E-state index is 12.9. The van der Waals surface area contributed by atoms with Crippen molar-refractivity contribution in [3.8, 4) is 0 Å². The largest absolute Gasteiger partial charge is 0.343 e. The van der Waals surface area contributed by atoms with Crippen LogP contribution in [0.25, 0.3) is 0 Å². The predicted molar refractivity (Wildman–Crippen MR) is 138 cm³/mol. The van der Waals surface area contributed by atoms with Gasteiger partial charge in [0.25, 0.3) is 5.91 Å². The molecule has 0 radical (unpaired) electrons. The lowest BCUT2D eigenvalue weighted by Crippen LogP contribution is -2.15. The van der Waals surface area contributed by atoms with Gasteiger partial charge >= 0.3 is 0 Å². The molecular weight excluding hydrogens is 509 g/mol. The summed E-state index contributed by atoms with van der Waals surface area (Å²) in [5.74, 6) is 1.22. The van der Waals surface area contributed by atoms with Crippen molar-refractivity contribution in [3.63, 3.8) is 0 Å². The number of anilines is 2.